The van der Waals surface area contributed by atoms with Gasteiger partial charge in [-0.15, -0.1) is 0 Å². The first-order valence-corrected chi connectivity index (χ1v) is 6.83. The lowest BCUT2D eigenvalue weighted by atomic mass is 9.68. The van der Waals surface area contributed by atoms with E-state index in [0.29, 0.717) is 5.92 Å². The van der Waals surface area contributed by atoms with Gasteiger partial charge in [-0.1, -0.05) is 13.8 Å². The van der Waals surface area contributed by atoms with Crippen LogP contribution in [0.2, 0.25) is 0 Å². The van der Waals surface area contributed by atoms with Crippen molar-refractivity contribution < 1.29 is 0 Å². The zero-order chi connectivity index (χ0) is 12.5. The molecule has 3 nitrogen and oxygen atoms in total. The lowest BCUT2D eigenvalue weighted by Gasteiger charge is -2.42. The lowest BCUT2D eigenvalue weighted by Crippen LogP contribution is -2.51. The predicted molar refractivity (Wildman–Crippen MR) is 70.7 cm³/mol. The summed E-state index contributed by atoms with van der Waals surface area (Å²) >= 11 is 0. The second kappa shape index (κ2) is 4.81. The average Bonchev–Trinajstić information content (AvgIpc) is 2.72. The Morgan fingerprint density at radius 2 is 2.29 bits per heavy atom. The van der Waals surface area contributed by atoms with E-state index in [-0.39, 0.29) is 5.54 Å². The Hall–Kier alpha value is -0.830. The Bertz CT molecular complexity index is 371. The molecule has 1 saturated carbocycles. The SMILES string of the molecule is CCn1cc(CC2(N)CCC(C)CC2C)cn1. The molecule has 1 aliphatic carbocycles. The van der Waals surface area contributed by atoms with Crippen molar-refractivity contribution in [2.45, 2.75) is 58.5 Å². The highest BCUT2D eigenvalue weighted by atomic mass is 15.3. The van der Waals surface area contributed by atoms with Gasteiger partial charge in [0.2, 0.25) is 0 Å². The zero-order valence-electron chi connectivity index (χ0n) is 11.3. The van der Waals surface area contributed by atoms with Gasteiger partial charge in [0, 0.05) is 18.3 Å². The molecule has 1 aliphatic rings. The molecule has 0 aliphatic heterocycles. The number of aryl methyl sites for hydroxylation is 1. The van der Waals surface area contributed by atoms with Gasteiger partial charge >= 0.3 is 0 Å². The molecule has 96 valence electrons. The smallest absolute Gasteiger partial charge is 0.0522 e. The van der Waals surface area contributed by atoms with Crippen molar-refractivity contribution in [3.63, 3.8) is 0 Å². The van der Waals surface area contributed by atoms with E-state index in [2.05, 4.69) is 32.1 Å². The van der Waals surface area contributed by atoms with Crippen LogP contribution >= 0.6 is 0 Å². The molecule has 0 saturated heterocycles. The molecule has 1 aromatic heterocycles. The van der Waals surface area contributed by atoms with Crippen molar-refractivity contribution in [2.24, 2.45) is 17.6 Å². The summed E-state index contributed by atoms with van der Waals surface area (Å²) in [5, 5.41) is 4.33. The van der Waals surface area contributed by atoms with E-state index >= 15 is 0 Å². The molecule has 0 amide bonds. The predicted octanol–water partition coefficient (Wildman–Crippen LogP) is 2.60. The summed E-state index contributed by atoms with van der Waals surface area (Å²) in [4.78, 5) is 0. The van der Waals surface area contributed by atoms with E-state index in [1.165, 1.54) is 18.4 Å². The van der Waals surface area contributed by atoms with Gasteiger partial charge in [0.05, 0.1) is 6.20 Å². The molecule has 1 heterocycles. The van der Waals surface area contributed by atoms with Gasteiger partial charge in [0.1, 0.15) is 0 Å². The summed E-state index contributed by atoms with van der Waals surface area (Å²) in [6.07, 6.45) is 8.76. The highest BCUT2D eigenvalue weighted by Crippen LogP contribution is 2.37. The summed E-state index contributed by atoms with van der Waals surface area (Å²) in [6, 6.07) is 0. The number of nitrogens with zero attached hydrogens (tertiary/aromatic N) is 2. The standard InChI is InChI=1S/C14H25N3/c1-4-17-10-13(9-16-17)8-14(15)6-5-11(2)7-12(14)3/h9-12H,4-8,15H2,1-3H3. The highest BCUT2D eigenvalue weighted by molar-refractivity contribution is 5.11. The third kappa shape index (κ3) is 2.71. The Kier molecular flexibility index (Phi) is 3.57. The van der Waals surface area contributed by atoms with E-state index in [1.54, 1.807) is 0 Å². The molecule has 0 bridgehead atoms. The van der Waals surface area contributed by atoms with E-state index in [9.17, 15) is 0 Å². The van der Waals surface area contributed by atoms with Crippen LogP contribution in [0.4, 0.5) is 0 Å². The van der Waals surface area contributed by atoms with Crippen LogP contribution in [0.1, 0.15) is 45.6 Å². The Labute approximate surface area is 104 Å². The molecule has 3 atom stereocenters. The van der Waals surface area contributed by atoms with E-state index in [0.717, 1.165) is 25.3 Å². The molecule has 0 aromatic carbocycles. The minimum absolute atomic E-state index is 0.0197. The van der Waals surface area contributed by atoms with Crippen LogP contribution < -0.4 is 5.73 Å². The number of rotatable bonds is 3. The second-order valence-electron chi connectivity index (χ2n) is 5.89. The minimum atomic E-state index is -0.0197. The molecular formula is C14H25N3. The van der Waals surface area contributed by atoms with E-state index in [4.69, 9.17) is 5.73 Å². The molecule has 0 radical (unpaired) electrons. The summed E-state index contributed by atoms with van der Waals surface area (Å²) in [6.45, 7) is 7.69. The fourth-order valence-electron chi connectivity index (χ4n) is 3.03. The molecule has 2 N–H and O–H groups in total. The quantitative estimate of drug-likeness (QED) is 0.875. The van der Waals surface area contributed by atoms with E-state index in [1.807, 2.05) is 10.9 Å². The summed E-state index contributed by atoms with van der Waals surface area (Å²) < 4.78 is 1.98. The maximum absolute atomic E-state index is 6.61. The van der Waals surface area contributed by atoms with Crippen LogP contribution in [-0.2, 0) is 13.0 Å². The Balaban J connectivity index is 2.06. The van der Waals surface area contributed by atoms with Crippen molar-refractivity contribution in [1.82, 2.24) is 9.78 Å². The topological polar surface area (TPSA) is 43.8 Å². The summed E-state index contributed by atoms with van der Waals surface area (Å²) in [7, 11) is 0. The van der Waals surface area contributed by atoms with Crippen molar-refractivity contribution >= 4 is 0 Å². The first-order chi connectivity index (χ1) is 8.03. The van der Waals surface area contributed by atoms with Crippen LogP contribution in [0.25, 0.3) is 0 Å². The average molecular weight is 235 g/mol. The van der Waals surface area contributed by atoms with Crippen LogP contribution in [0.15, 0.2) is 12.4 Å². The third-order valence-corrected chi connectivity index (χ3v) is 4.38. The zero-order valence-corrected chi connectivity index (χ0v) is 11.3. The molecule has 17 heavy (non-hydrogen) atoms. The Morgan fingerprint density at radius 3 is 2.88 bits per heavy atom. The molecule has 3 unspecified atom stereocenters. The van der Waals surface area contributed by atoms with Gasteiger partial charge in [-0.25, -0.2) is 0 Å². The first kappa shape index (κ1) is 12.6. The van der Waals surface area contributed by atoms with Crippen LogP contribution in [0, 0.1) is 11.8 Å². The van der Waals surface area contributed by atoms with Crippen molar-refractivity contribution in [1.29, 1.82) is 0 Å². The van der Waals surface area contributed by atoms with Gasteiger partial charge in [0.25, 0.3) is 0 Å². The molecule has 0 spiro atoms. The lowest BCUT2D eigenvalue weighted by molar-refractivity contribution is 0.163. The maximum Gasteiger partial charge on any atom is 0.0522 e. The first-order valence-electron chi connectivity index (χ1n) is 6.83. The fraction of sp³-hybridized carbons (Fsp3) is 0.786. The van der Waals surface area contributed by atoms with Crippen molar-refractivity contribution in [3.05, 3.63) is 18.0 Å². The monoisotopic (exact) mass is 235 g/mol. The molecule has 3 heteroatoms. The summed E-state index contributed by atoms with van der Waals surface area (Å²) in [5.74, 6) is 1.44. The van der Waals surface area contributed by atoms with Crippen LogP contribution in [0.5, 0.6) is 0 Å². The van der Waals surface area contributed by atoms with Crippen molar-refractivity contribution in [2.75, 3.05) is 0 Å². The molecule has 2 rings (SSSR count). The van der Waals surface area contributed by atoms with E-state index < -0.39 is 0 Å². The Morgan fingerprint density at radius 1 is 1.53 bits per heavy atom. The number of hydrogen-bond donors (Lipinski definition) is 1. The number of aromatic nitrogens is 2. The van der Waals surface area contributed by atoms with Crippen LogP contribution in [-0.4, -0.2) is 15.3 Å². The van der Waals surface area contributed by atoms with Crippen LogP contribution in [0.3, 0.4) is 0 Å². The normalized spacial score (nSPS) is 33.9. The maximum atomic E-state index is 6.61. The summed E-state index contributed by atoms with van der Waals surface area (Å²) in [5.41, 5.74) is 7.88. The molecule has 1 aromatic rings. The van der Waals surface area contributed by atoms with Crippen molar-refractivity contribution in [3.8, 4) is 0 Å². The van der Waals surface area contributed by atoms with Gasteiger partial charge in [0.15, 0.2) is 0 Å². The highest BCUT2D eigenvalue weighted by Gasteiger charge is 2.36. The van der Waals surface area contributed by atoms with Gasteiger partial charge in [-0.2, -0.15) is 5.10 Å². The van der Waals surface area contributed by atoms with Gasteiger partial charge in [-0.05, 0) is 50.0 Å². The number of hydrogen-bond acceptors (Lipinski definition) is 2. The third-order valence-electron chi connectivity index (χ3n) is 4.38. The second-order valence-corrected chi connectivity index (χ2v) is 5.89. The molecule has 1 fully saturated rings. The molecular weight excluding hydrogens is 210 g/mol. The number of nitrogens with two attached hydrogens (primary N) is 1. The minimum Gasteiger partial charge on any atom is -0.325 e. The fourth-order valence-corrected chi connectivity index (χ4v) is 3.03. The van der Waals surface area contributed by atoms with Gasteiger partial charge in [-0.3, -0.25) is 4.68 Å². The van der Waals surface area contributed by atoms with Gasteiger partial charge < -0.3 is 5.73 Å². The largest absolute Gasteiger partial charge is 0.325 e.